The molecule has 0 saturated carbocycles. The van der Waals surface area contributed by atoms with Crippen LogP contribution in [0.3, 0.4) is 0 Å². The van der Waals surface area contributed by atoms with Crippen LogP contribution in [0.4, 0.5) is 0 Å². The summed E-state index contributed by atoms with van der Waals surface area (Å²) in [4.78, 5) is 28.1. The molecule has 1 heterocycles. The zero-order valence-electron chi connectivity index (χ0n) is 20.3. The molecule has 6 nitrogen and oxygen atoms in total. The highest BCUT2D eigenvalue weighted by molar-refractivity contribution is 5.95. The number of likely N-dealkylation sites (tertiary alicyclic amines) is 1. The molecule has 182 valence electrons. The van der Waals surface area contributed by atoms with Gasteiger partial charge in [-0.25, -0.2) is 0 Å². The summed E-state index contributed by atoms with van der Waals surface area (Å²) in [6.07, 6.45) is 1.70. The first-order valence-corrected chi connectivity index (χ1v) is 12.0. The maximum atomic E-state index is 13.3. The van der Waals surface area contributed by atoms with Gasteiger partial charge < -0.3 is 19.7 Å². The Labute approximate surface area is 206 Å². The standard InChI is InChI=1S/C29H32N2O4/c1-34-25-14-13-24(19-26(25)35-2)29(33)31-17-15-21(16-18-31)20-30-28(32)27(22-9-5-3-6-10-22)23-11-7-4-8-12-23/h3-14,19,21,27H,15-18,20H2,1-2H3,(H,30,32). The summed E-state index contributed by atoms with van der Waals surface area (Å²) in [6.45, 7) is 1.93. The average Bonchev–Trinajstić information content (AvgIpc) is 2.92. The first-order valence-electron chi connectivity index (χ1n) is 12.0. The summed E-state index contributed by atoms with van der Waals surface area (Å²) in [5.74, 6) is 1.13. The van der Waals surface area contributed by atoms with Crippen molar-refractivity contribution in [3.05, 3.63) is 95.6 Å². The fourth-order valence-corrected chi connectivity index (χ4v) is 4.63. The summed E-state index contributed by atoms with van der Waals surface area (Å²) in [5.41, 5.74) is 2.54. The van der Waals surface area contributed by atoms with Crippen molar-refractivity contribution in [2.75, 3.05) is 33.9 Å². The molecule has 6 heteroatoms. The summed E-state index contributed by atoms with van der Waals surface area (Å²) >= 11 is 0. The summed E-state index contributed by atoms with van der Waals surface area (Å²) in [5, 5.41) is 3.18. The molecule has 4 rings (SSSR count). The third-order valence-corrected chi connectivity index (χ3v) is 6.63. The quantitative estimate of drug-likeness (QED) is 0.524. The number of carbonyl (C=O) groups is 2. The van der Waals surface area contributed by atoms with Crippen molar-refractivity contribution < 1.29 is 19.1 Å². The molecule has 0 unspecified atom stereocenters. The van der Waals surface area contributed by atoms with Crippen molar-refractivity contribution >= 4 is 11.8 Å². The van der Waals surface area contributed by atoms with E-state index in [0.717, 1.165) is 24.0 Å². The number of benzene rings is 3. The van der Waals surface area contributed by atoms with Crippen molar-refractivity contribution in [3.63, 3.8) is 0 Å². The number of nitrogens with zero attached hydrogens (tertiary/aromatic N) is 1. The smallest absolute Gasteiger partial charge is 0.253 e. The van der Waals surface area contributed by atoms with Gasteiger partial charge in [-0.15, -0.1) is 0 Å². The molecule has 1 fully saturated rings. The van der Waals surface area contributed by atoms with Crippen molar-refractivity contribution in [2.24, 2.45) is 5.92 Å². The van der Waals surface area contributed by atoms with Crippen LogP contribution >= 0.6 is 0 Å². The van der Waals surface area contributed by atoms with Crippen molar-refractivity contribution in [1.29, 1.82) is 0 Å². The lowest BCUT2D eigenvalue weighted by molar-refractivity contribution is -0.122. The molecule has 1 saturated heterocycles. The molecule has 0 spiro atoms. The van der Waals surface area contributed by atoms with Crippen molar-refractivity contribution in [3.8, 4) is 11.5 Å². The molecule has 0 radical (unpaired) electrons. The van der Waals surface area contributed by atoms with Crippen LogP contribution in [0, 0.1) is 5.92 Å². The van der Waals surface area contributed by atoms with Gasteiger partial charge in [0.05, 0.1) is 20.1 Å². The van der Waals surface area contributed by atoms with Crippen LogP contribution < -0.4 is 14.8 Å². The molecule has 3 aromatic rings. The Morgan fingerprint density at radius 2 is 1.43 bits per heavy atom. The largest absolute Gasteiger partial charge is 0.493 e. The van der Waals surface area contributed by atoms with Crippen LogP contribution in [-0.2, 0) is 4.79 Å². The van der Waals surface area contributed by atoms with E-state index in [2.05, 4.69) is 5.32 Å². The Bertz CT molecular complexity index is 1090. The second-order valence-electron chi connectivity index (χ2n) is 8.80. The zero-order chi connectivity index (χ0) is 24.6. The number of nitrogens with one attached hydrogen (secondary N) is 1. The number of rotatable bonds is 8. The van der Waals surface area contributed by atoms with Crippen LogP contribution in [0.2, 0.25) is 0 Å². The highest BCUT2D eigenvalue weighted by Crippen LogP contribution is 2.29. The van der Waals surface area contributed by atoms with Gasteiger partial charge >= 0.3 is 0 Å². The van der Waals surface area contributed by atoms with E-state index in [1.54, 1.807) is 32.4 Å². The van der Waals surface area contributed by atoms with Gasteiger partial charge in [0.2, 0.25) is 5.91 Å². The Morgan fingerprint density at radius 3 is 1.97 bits per heavy atom. The minimum atomic E-state index is -0.343. The minimum absolute atomic E-state index is 0.00577. The van der Waals surface area contributed by atoms with E-state index < -0.39 is 0 Å². The van der Waals surface area contributed by atoms with Crippen LogP contribution in [0.25, 0.3) is 0 Å². The van der Waals surface area contributed by atoms with Gasteiger partial charge in [0.15, 0.2) is 11.5 Å². The normalized spacial score (nSPS) is 14.0. The number of carbonyl (C=O) groups excluding carboxylic acids is 2. The summed E-state index contributed by atoms with van der Waals surface area (Å²) in [6, 6.07) is 25.0. The molecule has 0 bridgehead atoms. The highest BCUT2D eigenvalue weighted by atomic mass is 16.5. The predicted octanol–water partition coefficient (Wildman–Crippen LogP) is 4.50. The van der Waals surface area contributed by atoms with Crippen LogP contribution in [0.15, 0.2) is 78.9 Å². The third-order valence-electron chi connectivity index (χ3n) is 6.63. The first kappa shape index (κ1) is 24.3. The molecule has 1 aliphatic rings. The van der Waals surface area contributed by atoms with Crippen molar-refractivity contribution in [1.82, 2.24) is 10.2 Å². The average molecular weight is 473 g/mol. The predicted molar refractivity (Wildman–Crippen MR) is 136 cm³/mol. The van der Waals surface area contributed by atoms with Crippen LogP contribution in [-0.4, -0.2) is 50.6 Å². The second kappa shape index (κ2) is 11.6. The summed E-state index contributed by atoms with van der Waals surface area (Å²) < 4.78 is 10.6. The van der Waals surface area contributed by atoms with Gasteiger partial charge in [-0.1, -0.05) is 60.7 Å². The molecule has 2 amide bonds. The van der Waals surface area contributed by atoms with E-state index in [1.165, 1.54) is 0 Å². The highest BCUT2D eigenvalue weighted by Gasteiger charge is 2.27. The molecule has 1 N–H and O–H groups in total. The van der Waals surface area contributed by atoms with E-state index in [1.807, 2.05) is 65.6 Å². The molecule has 3 aromatic carbocycles. The molecular formula is C29H32N2O4. The zero-order valence-corrected chi connectivity index (χ0v) is 20.3. The monoisotopic (exact) mass is 472 g/mol. The minimum Gasteiger partial charge on any atom is -0.493 e. The molecule has 1 aliphatic heterocycles. The lowest BCUT2D eigenvalue weighted by Crippen LogP contribution is -2.42. The third kappa shape index (κ3) is 5.83. The van der Waals surface area contributed by atoms with E-state index in [-0.39, 0.29) is 17.7 Å². The number of hydrogen-bond donors (Lipinski definition) is 1. The van der Waals surface area contributed by atoms with Gasteiger partial charge in [-0.3, -0.25) is 9.59 Å². The fraction of sp³-hybridized carbons (Fsp3) is 0.310. The van der Waals surface area contributed by atoms with E-state index >= 15 is 0 Å². The first-order chi connectivity index (χ1) is 17.1. The van der Waals surface area contributed by atoms with Crippen molar-refractivity contribution in [2.45, 2.75) is 18.8 Å². The maximum absolute atomic E-state index is 13.3. The fourth-order valence-electron chi connectivity index (χ4n) is 4.63. The number of methoxy groups -OCH3 is 2. The van der Waals surface area contributed by atoms with Gasteiger partial charge in [-0.05, 0) is 48.1 Å². The Balaban J connectivity index is 1.34. The van der Waals surface area contributed by atoms with Gasteiger partial charge in [0.1, 0.15) is 0 Å². The summed E-state index contributed by atoms with van der Waals surface area (Å²) in [7, 11) is 3.14. The van der Waals surface area contributed by atoms with E-state index in [4.69, 9.17) is 9.47 Å². The Morgan fingerprint density at radius 1 is 0.857 bits per heavy atom. The van der Waals surface area contributed by atoms with Crippen LogP contribution in [0.1, 0.15) is 40.2 Å². The molecule has 0 aliphatic carbocycles. The molecular weight excluding hydrogens is 440 g/mol. The molecule has 0 atom stereocenters. The lowest BCUT2D eigenvalue weighted by atomic mass is 9.90. The second-order valence-corrected chi connectivity index (χ2v) is 8.80. The van der Waals surface area contributed by atoms with Gasteiger partial charge in [-0.2, -0.15) is 0 Å². The van der Waals surface area contributed by atoms with Gasteiger partial charge in [0, 0.05) is 25.2 Å². The Kier molecular flexibility index (Phi) is 8.03. The van der Waals surface area contributed by atoms with E-state index in [9.17, 15) is 9.59 Å². The van der Waals surface area contributed by atoms with E-state index in [0.29, 0.717) is 42.6 Å². The molecule has 0 aromatic heterocycles. The molecule has 35 heavy (non-hydrogen) atoms. The number of amides is 2. The SMILES string of the molecule is COc1ccc(C(=O)N2CCC(CNC(=O)C(c3ccccc3)c3ccccc3)CC2)cc1OC. The van der Waals surface area contributed by atoms with Gasteiger partial charge in [0.25, 0.3) is 5.91 Å². The number of piperidine rings is 1. The maximum Gasteiger partial charge on any atom is 0.253 e. The lowest BCUT2D eigenvalue weighted by Gasteiger charge is -2.32. The number of hydrogen-bond acceptors (Lipinski definition) is 4. The van der Waals surface area contributed by atoms with Crippen LogP contribution in [0.5, 0.6) is 11.5 Å². The topological polar surface area (TPSA) is 67.9 Å². The number of ether oxygens (including phenoxy) is 2. The Hall–Kier alpha value is -3.80.